The van der Waals surface area contributed by atoms with E-state index in [9.17, 15) is 4.79 Å². The van der Waals surface area contributed by atoms with Crippen molar-refractivity contribution in [3.8, 4) is 0 Å². The SMILES string of the molecule is CCOC(=O)/C(=C/c1ccccc1)Cc1c(C)[nH]c2ccccc12. The van der Waals surface area contributed by atoms with Gasteiger partial charge in [-0.15, -0.1) is 0 Å². The minimum atomic E-state index is -0.258. The molecular formula is C21H21NO2. The maximum absolute atomic E-state index is 12.4. The molecule has 0 aliphatic carbocycles. The molecule has 3 rings (SSSR count). The van der Waals surface area contributed by atoms with Crippen molar-refractivity contribution in [2.24, 2.45) is 0 Å². The van der Waals surface area contributed by atoms with E-state index in [1.807, 2.05) is 62.4 Å². The summed E-state index contributed by atoms with van der Waals surface area (Å²) in [6.45, 7) is 4.24. The van der Waals surface area contributed by atoms with Crippen LogP contribution in [-0.2, 0) is 16.0 Å². The summed E-state index contributed by atoms with van der Waals surface area (Å²) in [5.41, 5.74) is 4.97. The highest BCUT2D eigenvalue weighted by molar-refractivity contribution is 5.95. The quantitative estimate of drug-likeness (QED) is 0.549. The fraction of sp³-hybridized carbons (Fsp3) is 0.190. The van der Waals surface area contributed by atoms with Gasteiger partial charge in [-0.1, -0.05) is 48.5 Å². The van der Waals surface area contributed by atoms with Crippen molar-refractivity contribution in [3.05, 3.63) is 77.0 Å². The first kappa shape index (κ1) is 16.1. The number of carbonyl (C=O) groups excluding carboxylic acids is 1. The monoisotopic (exact) mass is 319 g/mol. The Balaban J connectivity index is 2.01. The Hall–Kier alpha value is -2.81. The van der Waals surface area contributed by atoms with Crippen molar-refractivity contribution in [3.63, 3.8) is 0 Å². The minimum absolute atomic E-state index is 0.258. The number of para-hydroxylation sites is 1. The molecule has 1 N–H and O–H groups in total. The molecular weight excluding hydrogens is 298 g/mol. The minimum Gasteiger partial charge on any atom is -0.463 e. The summed E-state index contributed by atoms with van der Waals surface area (Å²) in [5.74, 6) is -0.258. The Morgan fingerprint density at radius 2 is 1.79 bits per heavy atom. The fourth-order valence-corrected chi connectivity index (χ4v) is 2.91. The van der Waals surface area contributed by atoms with E-state index in [0.717, 1.165) is 27.7 Å². The molecule has 0 amide bonds. The number of H-pyrrole nitrogens is 1. The molecule has 0 bridgehead atoms. The average molecular weight is 319 g/mol. The van der Waals surface area contributed by atoms with Crippen molar-refractivity contribution in [2.45, 2.75) is 20.3 Å². The number of aryl methyl sites for hydroxylation is 1. The van der Waals surface area contributed by atoms with E-state index in [1.54, 1.807) is 0 Å². The third-order valence-corrected chi connectivity index (χ3v) is 4.07. The fourth-order valence-electron chi connectivity index (χ4n) is 2.91. The Morgan fingerprint density at radius 1 is 1.08 bits per heavy atom. The lowest BCUT2D eigenvalue weighted by atomic mass is 10.00. The predicted octanol–water partition coefficient (Wildman–Crippen LogP) is 4.67. The summed E-state index contributed by atoms with van der Waals surface area (Å²) in [7, 11) is 0. The molecule has 3 nitrogen and oxygen atoms in total. The van der Waals surface area contributed by atoms with Crippen molar-refractivity contribution < 1.29 is 9.53 Å². The molecule has 0 spiro atoms. The van der Waals surface area contributed by atoms with Crippen LogP contribution in [0.25, 0.3) is 17.0 Å². The summed E-state index contributed by atoms with van der Waals surface area (Å²) in [4.78, 5) is 15.8. The average Bonchev–Trinajstić information content (AvgIpc) is 2.91. The maximum Gasteiger partial charge on any atom is 0.334 e. The third kappa shape index (κ3) is 3.40. The molecule has 3 aromatic rings. The molecule has 0 aliphatic rings. The summed E-state index contributed by atoms with van der Waals surface area (Å²) in [6, 6.07) is 18.0. The van der Waals surface area contributed by atoms with E-state index >= 15 is 0 Å². The van der Waals surface area contributed by atoms with Gasteiger partial charge >= 0.3 is 5.97 Å². The number of hydrogen-bond donors (Lipinski definition) is 1. The first-order chi connectivity index (χ1) is 11.7. The molecule has 2 aromatic carbocycles. The Kier molecular flexibility index (Phi) is 4.80. The molecule has 0 saturated carbocycles. The molecule has 0 unspecified atom stereocenters. The van der Waals surface area contributed by atoms with Gasteiger partial charge in [-0.2, -0.15) is 0 Å². The van der Waals surface area contributed by atoms with Gasteiger partial charge in [0.25, 0.3) is 0 Å². The van der Waals surface area contributed by atoms with E-state index in [1.165, 1.54) is 0 Å². The van der Waals surface area contributed by atoms with Crippen LogP contribution in [0.1, 0.15) is 23.7 Å². The molecule has 1 heterocycles. The number of carbonyl (C=O) groups is 1. The Bertz CT molecular complexity index is 875. The predicted molar refractivity (Wildman–Crippen MR) is 97.8 cm³/mol. The standard InChI is InChI=1S/C21H21NO2/c1-3-24-21(23)17(13-16-9-5-4-6-10-16)14-19-15(2)22-20-12-8-7-11-18(19)20/h4-13,22H,3,14H2,1-2H3/b17-13+. The van der Waals surface area contributed by atoms with Crippen LogP contribution in [0.4, 0.5) is 0 Å². The second-order valence-electron chi connectivity index (χ2n) is 5.75. The van der Waals surface area contributed by atoms with E-state index in [4.69, 9.17) is 4.74 Å². The van der Waals surface area contributed by atoms with Crippen molar-refractivity contribution >= 4 is 22.9 Å². The second kappa shape index (κ2) is 7.18. The first-order valence-corrected chi connectivity index (χ1v) is 8.18. The zero-order valence-electron chi connectivity index (χ0n) is 14.0. The number of aromatic amines is 1. The molecule has 122 valence electrons. The number of rotatable bonds is 5. The zero-order chi connectivity index (χ0) is 16.9. The highest BCUT2D eigenvalue weighted by atomic mass is 16.5. The molecule has 0 radical (unpaired) electrons. The molecule has 3 heteroatoms. The van der Waals surface area contributed by atoms with Gasteiger partial charge in [0.2, 0.25) is 0 Å². The van der Waals surface area contributed by atoms with Gasteiger partial charge in [-0.3, -0.25) is 0 Å². The van der Waals surface area contributed by atoms with Gasteiger partial charge in [0.05, 0.1) is 6.61 Å². The van der Waals surface area contributed by atoms with Crippen LogP contribution in [0.15, 0.2) is 60.2 Å². The van der Waals surface area contributed by atoms with Crippen LogP contribution in [-0.4, -0.2) is 17.6 Å². The molecule has 0 fully saturated rings. The van der Waals surface area contributed by atoms with Crippen molar-refractivity contribution in [1.82, 2.24) is 4.98 Å². The van der Waals surface area contributed by atoms with E-state index < -0.39 is 0 Å². The van der Waals surface area contributed by atoms with Crippen LogP contribution in [0.2, 0.25) is 0 Å². The number of fused-ring (bicyclic) bond motifs is 1. The largest absolute Gasteiger partial charge is 0.463 e. The highest BCUT2D eigenvalue weighted by Gasteiger charge is 2.16. The maximum atomic E-state index is 12.4. The molecule has 24 heavy (non-hydrogen) atoms. The van der Waals surface area contributed by atoms with E-state index in [0.29, 0.717) is 18.6 Å². The molecule has 0 saturated heterocycles. The van der Waals surface area contributed by atoms with Gasteiger partial charge < -0.3 is 9.72 Å². The molecule has 1 aromatic heterocycles. The van der Waals surface area contributed by atoms with Crippen LogP contribution >= 0.6 is 0 Å². The van der Waals surface area contributed by atoms with Crippen LogP contribution in [0.5, 0.6) is 0 Å². The number of nitrogens with one attached hydrogen (secondary N) is 1. The van der Waals surface area contributed by atoms with E-state index in [-0.39, 0.29) is 5.97 Å². The number of esters is 1. The van der Waals surface area contributed by atoms with Gasteiger partial charge in [-0.05, 0) is 37.1 Å². The van der Waals surface area contributed by atoms with Gasteiger partial charge in [-0.25, -0.2) is 4.79 Å². The zero-order valence-corrected chi connectivity index (χ0v) is 14.0. The van der Waals surface area contributed by atoms with Gasteiger partial charge in [0.15, 0.2) is 0 Å². The third-order valence-electron chi connectivity index (χ3n) is 4.07. The van der Waals surface area contributed by atoms with Crippen LogP contribution < -0.4 is 0 Å². The van der Waals surface area contributed by atoms with Crippen LogP contribution in [0, 0.1) is 6.92 Å². The summed E-state index contributed by atoms with van der Waals surface area (Å²) in [5, 5.41) is 1.15. The lowest BCUT2D eigenvalue weighted by molar-refractivity contribution is -0.138. The molecule has 0 atom stereocenters. The Morgan fingerprint density at radius 3 is 2.54 bits per heavy atom. The van der Waals surface area contributed by atoms with E-state index in [2.05, 4.69) is 17.1 Å². The summed E-state index contributed by atoms with van der Waals surface area (Å²) < 4.78 is 5.26. The van der Waals surface area contributed by atoms with Gasteiger partial charge in [0.1, 0.15) is 0 Å². The van der Waals surface area contributed by atoms with Crippen LogP contribution in [0.3, 0.4) is 0 Å². The number of benzene rings is 2. The van der Waals surface area contributed by atoms with Crippen molar-refractivity contribution in [1.29, 1.82) is 0 Å². The smallest absolute Gasteiger partial charge is 0.334 e. The lowest BCUT2D eigenvalue weighted by Crippen LogP contribution is -2.10. The van der Waals surface area contributed by atoms with Crippen molar-refractivity contribution in [2.75, 3.05) is 6.61 Å². The highest BCUT2D eigenvalue weighted by Crippen LogP contribution is 2.25. The Labute approximate surface area is 142 Å². The lowest BCUT2D eigenvalue weighted by Gasteiger charge is -2.08. The second-order valence-corrected chi connectivity index (χ2v) is 5.75. The topological polar surface area (TPSA) is 42.1 Å². The summed E-state index contributed by atoms with van der Waals surface area (Å²) in [6.07, 6.45) is 2.46. The normalized spacial score (nSPS) is 11.7. The van der Waals surface area contributed by atoms with Gasteiger partial charge in [0, 0.05) is 28.6 Å². The summed E-state index contributed by atoms with van der Waals surface area (Å²) >= 11 is 0. The molecule has 0 aliphatic heterocycles. The number of hydrogen-bond acceptors (Lipinski definition) is 2. The number of aromatic nitrogens is 1. The number of ether oxygens (including phenoxy) is 1. The first-order valence-electron chi connectivity index (χ1n) is 8.18.